The number of carboxylic acids is 1. The highest BCUT2D eigenvalue weighted by Gasteiger charge is 2.26. The fourth-order valence-electron chi connectivity index (χ4n) is 2.95. The average molecular weight is 265 g/mol. The van der Waals surface area contributed by atoms with E-state index in [0.29, 0.717) is 5.92 Å². The van der Waals surface area contributed by atoms with Crippen LogP contribution in [0.25, 0.3) is 0 Å². The molecule has 2 heterocycles. The first-order valence-corrected chi connectivity index (χ1v) is 6.96. The average Bonchev–Trinajstić information content (AvgIpc) is 2.74. The highest BCUT2D eigenvalue weighted by molar-refractivity contribution is 5.67. The zero-order valence-electron chi connectivity index (χ0n) is 11.7. The van der Waals surface area contributed by atoms with Gasteiger partial charge in [0.25, 0.3) is 0 Å². The van der Waals surface area contributed by atoms with E-state index in [4.69, 9.17) is 5.11 Å². The molecule has 1 saturated heterocycles. The maximum atomic E-state index is 10.8. The predicted octanol–water partition coefficient (Wildman–Crippen LogP) is 1.74. The van der Waals surface area contributed by atoms with Crippen molar-refractivity contribution in [3.8, 4) is 0 Å². The molecule has 19 heavy (non-hydrogen) atoms. The van der Waals surface area contributed by atoms with Gasteiger partial charge in [-0.15, -0.1) is 0 Å². The van der Waals surface area contributed by atoms with E-state index in [1.54, 1.807) is 0 Å². The third kappa shape index (κ3) is 4.06. The maximum Gasteiger partial charge on any atom is 0.303 e. The Labute approximate surface area is 114 Å². The first-order chi connectivity index (χ1) is 9.04. The number of aliphatic carboxylic acids is 1. The summed E-state index contributed by atoms with van der Waals surface area (Å²) in [5.74, 6) is 0.0765. The van der Waals surface area contributed by atoms with Crippen LogP contribution in [-0.2, 0) is 18.4 Å². The van der Waals surface area contributed by atoms with Gasteiger partial charge in [-0.05, 0) is 31.2 Å². The molecule has 1 aliphatic heterocycles. The van der Waals surface area contributed by atoms with E-state index >= 15 is 0 Å². The van der Waals surface area contributed by atoms with E-state index in [0.717, 1.165) is 32.5 Å². The Morgan fingerprint density at radius 2 is 2.42 bits per heavy atom. The second-order valence-corrected chi connectivity index (χ2v) is 5.73. The third-order valence-corrected chi connectivity index (χ3v) is 4.01. The van der Waals surface area contributed by atoms with Crippen molar-refractivity contribution in [2.24, 2.45) is 18.9 Å². The molecule has 0 bridgehead atoms. The number of nitrogens with zero attached hydrogens (tertiary/aromatic N) is 3. The molecule has 1 aliphatic rings. The van der Waals surface area contributed by atoms with Crippen molar-refractivity contribution in [3.63, 3.8) is 0 Å². The summed E-state index contributed by atoms with van der Waals surface area (Å²) in [6.45, 7) is 5.09. The molecule has 0 amide bonds. The Hall–Kier alpha value is -1.36. The molecule has 2 unspecified atom stereocenters. The van der Waals surface area contributed by atoms with Crippen molar-refractivity contribution in [2.45, 2.75) is 32.7 Å². The molecule has 1 aromatic heterocycles. The molecular weight excluding hydrogens is 242 g/mol. The molecule has 1 aromatic rings. The largest absolute Gasteiger partial charge is 0.481 e. The van der Waals surface area contributed by atoms with E-state index in [9.17, 15) is 4.79 Å². The van der Waals surface area contributed by atoms with E-state index in [1.807, 2.05) is 24.1 Å². The molecule has 2 rings (SSSR count). The Morgan fingerprint density at radius 1 is 1.63 bits per heavy atom. The van der Waals surface area contributed by atoms with Gasteiger partial charge >= 0.3 is 5.97 Å². The minimum Gasteiger partial charge on any atom is -0.481 e. The standard InChI is InChI=1S/C14H23N3O2/c1-11(6-14(18)19)13-4-3-5-17(10-13)9-12-7-15-16(2)8-12/h7-8,11,13H,3-6,9-10H2,1-2H3,(H,18,19). The van der Waals surface area contributed by atoms with Crippen LogP contribution in [0.1, 0.15) is 31.7 Å². The molecule has 0 saturated carbocycles. The van der Waals surface area contributed by atoms with Crippen LogP contribution in [0.15, 0.2) is 12.4 Å². The number of piperidine rings is 1. The smallest absolute Gasteiger partial charge is 0.303 e. The van der Waals surface area contributed by atoms with Gasteiger partial charge < -0.3 is 5.11 Å². The van der Waals surface area contributed by atoms with Gasteiger partial charge in [-0.2, -0.15) is 5.10 Å². The van der Waals surface area contributed by atoms with Crippen molar-refractivity contribution in [1.29, 1.82) is 0 Å². The van der Waals surface area contributed by atoms with Crippen LogP contribution < -0.4 is 0 Å². The summed E-state index contributed by atoms with van der Waals surface area (Å²) >= 11 is 0. The fourth-order valence-corrected chi connectivity index (χ4v) is 2.95. The summed E-state index contributed by atoms with van der Waals surface area (Å²) in [4.78, 5) is 13.2. The highest BCUT2D eigenvalue weighted by Crippen LogP contribution is 2.26. The molecule has 0 aliphatic carbocycles. The maximum absolute atomic E-state index is 10.8. The van der Waals surface area contributed by atoms with Crippen molar-refractivity contribution in [1.82, 2.24) is 14.7 Å². The number of carboxylic acid groups (broad SMARTS) is 1. The summed E-state index contributed by atoms with van der Waals surface area (Å²) in [5.41, 5.74) is 1.23. The van der Waals surface area contributed by atoms with Crippen molar-refractivity contribution >= 4 is 5.97 Å². The molecule has 106 valence electrons. The fraction of sp³-hybridized carbons (Fsp3) is 0.714. The van der Waals surface area contributed by atoms with Gasteiger partial charge in [0.15, 0.2) is 0 Å². The molecule has 0 aromatic carbocycles. The van der Waals surface area contributed by atoms with Crippen LogP contribution in [-0.4, -0.2) is 38.8 Å². The molecule has 1 N–H and O–H groups in total. The Kier molecular flexibility index (Phi) is 4.58. The molecule has 2 atom stereocenters. The van der Waals surface area contributed by atoms with Crippen LogP contribution in [0.4, 0.5) is 0 Å². The summed E-state index contributed by atoms with van der Waals surface area (Å²) in [7, 11) is 1.93. The van der Waals surface area contributed by atoms with Crippen molar-refractivity contribution in [2.75, 3.05) is 13.1 Å². The Bertz CT molecular complexity index is 430. The zero-order valence-corrected chi connectivity index (χ0v) is 11.7. The second kappa shape index (κ2) is 6.19. The molecule has 1 fully saturated rings. The lowest BCUT2D eigenvalue weighted by molar-refractivity contribution is -0.138. The lowest BCUT2D eigenvalue weighted by atomic mass is 9.84. The zero-order chi connectivity index (χ0) is 13.8. The normalized spacial score (nSPS) is 22.3. The number of aromatic nitrogens is 2. The first kappa shape index (κ1) is 14.1. The Balaban J connectivity index is 1.88. The van der Waals surface area contributed by atoms with Crippen molar-refractivity contribution in [3.05, 3.63) is 18.0 Å². The van der Waals surface area contributed by atoms with E-state index in [2.05, 4.69) is 16.9 Å². The highest BCUT2D eigenvalue weighted by atomic mass is 16.4. The van der Waals surface area contributed by atoms with Gasteiger partial charge in [0.1, 0.15) is 0 Å². The molecule has 0 spiro atoms. The second-order valence-electron chi connectivity index (χ2n) is 5.73. The lowest BCUT2D eigenvalue weighted by Gasteiger charge is -2.35. The van der Waals surface area contributed by atoms with Crippen LogP contribution >= 0.6 is 0 Å². The summed E-state index contributed by atoms with van der Waals surface area (Å²) in [6, 6.07) is 0. The predicted molar refractivity (Wildman–Crippen MR) is 72.6 cm³/mol. The van der Waals surface area contributed by atoms with Crippen LogP contribution in [0, 0.1) is 11.8 Å². The SMILES string of the molecule is CC(CC(=O)O)C1CCCN(Cc2cnn(C)c2)C1. The first-order valence-electron chi connectivity index (χ1n) is 6.96. The number of likely N-dealkylation sites (tertiary alicyclic amines) is 1. The monoisotopic (exact) mass is 265 g/mol. The molecule has 5 heteroatoms. The van der Waals surface area contributed by atoms with Gasteiger partial charge in [0, 0.05) is 38.3 Å². The van der Waals surface area contributed by atoms with Gasteiger partial charge in [-0.25, -0.2) is 0 Å². The number of hydrogen-bond donors (Lipinski definition) is 1. The number of hydrogen-bond acceptors (Lipinski definition) is 3. The quantitative estimate of drug-likeness (QED) is 0.881. The number of rotatable bonds is 5. The Morgan fingerprint density at radius 3 is 3.05 bits per heavy atom. The summed E-state index contributed by atoms with van der Waals surface area (Å²) in [5, 5.41) is 13.1. The summed E-state index contributed by atoms with van der Waals surface area (Å²) in [6.07, 6.45) is 6.55. The molecule has 0 radical (unpaired) electrons. The van der Waals surface area contributed by atoms with Crippen LogP contribution in [0.3, 0.4) is 0 Å². The van der Waals surface area contributed by atoms with Gasteiger partial charge in [-0.1, -0.05) is 6.92 Å². The lowest BCUT2D eigenvalue weighted by Crippen LogP contribution is -2.37. The van der Waals surface area contributed by atoms with Crippen LogP contribution in [0.2, 0.25) is 0 Å². The van der Waals surface area contributed by atoms with Crippen LogP contribution in [0.5, 0.6) is 0 Å². The van der Waals surface area contributed by atoms with E-state index < -0.39 is 5.97 Å². The topological polar surface area (TPSA) is 58.4 Å². The van der Waals surface area contributed by atoms with E-state index in [1.165, 1.54) is 5.56 Å². The van der Waals surface area contributed by atoms with Gasteiger partial charge in [0.05, 0.1) is 6.20 Å². The van der Waals surface area contributed by atoms with E-state index in [-0.39, 0.29) is 12.3 Å². The van der Waals surface area contributed by atoms with Gasteiger partial charge in [0.2, 0.25) is 0 Å². The minimum absolute atomic E-state index is 0.259. The minimum atomic E-state index is -0.683. The number of aryl methyl sites for hydroxylation is 1. The van der Waals surface area contributed by atoms with Crippen molar-refractivity contribution < 1.29 is 9.90 Å². The third-order valence-electron chi connectivity index (χ3n) is 4.01. The summed E-state index contributed by atoms with van der Waals surface area (Å²) < 4.78 is 1.82. The molecular formula is C14H23N3O2. The number of carbonyl (C=O) groups is 1. The van der Waals surface area contributed by atoms with Gasteiger partial charge in [-0.3, -0.25) is 14.4 Å². The molecule has 5 nitrogen and oxygen atoms in total.